The van der Waals surface area contributed by atoms with Gasteiger partial charge in [-0.05, 0) is 11.6 Å². The largest absolute Gasteiger partial charge is 0.481 e. The SMILES string of the molecule is O=C(O)C[C@@](C(=O)O)(c1ccccc1)c1ccccc1F. The molecule has 0 aromatic heterocycles. The second kappa shape index (κ2) is 5.75. The van der Waals surface area contributed by atoms with Crippen LogP contribution in [-0.4, -0.2) is 22.2 Å². The topological polar surface area (TPSA) is 74.6 Å². The van der Waals surface area contributed by atoms with Crippen LogP contribution in [0.4, 0.5) is 4.39 Å². The van der Waals surface area contributed by atoms with E-state index in [4.69, 9.17) is 5.11 Å². The van der Waals surface area contributed by atoms with Gasteiger partial charge in [-0.3, -0.25) is 9.59 Å². The molecular formula is C16H13FO4. The number of hydrogen-bond donors (Lipinski definition) is 2. The fourth-order valence-electron chi connectivity index (χ4n) is 2.42. The molecule has 0 aliphatic heterocycles. The highest BCUT2D eigenvalue weighted by Gasteiger charge is 2.46. The first-order chi connectivity index (χ1) is 9.98. The van der Waals surface area contributed by atoms with Crippen molar-refractivity contribution < 1.29 is 24.2 Å². The zero-order valence-electron chi connectivity index (χ0n) is 11.0. The van der Waals surface area contributed by atoms with E-state index in [2.05, 4.69) is 0 Å². The van der Waals surface area contributed by atoms with Gasteiger partial charge in [-0.1, -0.05) is 48.5 Å². The van der Waals surface area contributed by atoms with Crippen molar-refractivity contribution in [3.05, 3.63) is 71.5 Å². The van der Waals surface area contributed by atoms with E-state index in [0.29, 0.717) is 0 Å². The number of carbonyl (C=O) groups is 2. The second-order valence-electron chi connectivity index (χ2n) is 4.63. The van der Waals surface area contributed by atoms with Crippen LogP contribution in [0.15, 0.2) is 54.6 Å². The van der Waals surface area contributed by atoms with Crippen LogP contribution in [0.3, 0.4) is 0 Å². The lowest BCUT2D eigenvalue weighted by molar-refractivity contribution is -0.148. The molecule has 0 bridgehead atoms. The van der Waals surface area contributed by atoms with Crippen LogP contribution in [0.1, 0.15) is 17.5 Å². The molecule has 108 valence electrons. The van der Waals surface area contributed by atoms with E-state index in [1.165, 1.54) is 30.3 Å². The van der Waals surface area contributed by atoms with Crippen LogP contribution in [0, 0.1) is 5.82 Å². The summed E-state index contributed by atoms with van der Waals surface area (Å²) in [5, 5.41) is 18.8. The number of halogens is 1. The number of benzene rings is 2. The summed E-state index contributed by atoms with van der Waals surface area (Å²) in [6.07, 6.45) is -0.743. The Hall–Kier alpha value is -2.69. The smallest absolute Gasteiger partial charge is 0.319 e. The Balaban J connectivity index is 2.77. The third-order valence-corrected chi connectivity index (χ3v) is 3.38. The summed E-state index contributed by atoms with van der Waals surface area (Å²) < 4.78 is 14.1. The lowest BCUT2D eigenvalue weighted by Crippen LogP contribution is -2.40. The highest BCUT2D eigenvalue weighted by molar-refractivity contribution is 5.91. The molecule has 2 rings (SSSR count). The Labute approximate surface area is 120 Å². The molecule has 0 unspecified atom stereocenters. The zero-order chi connectivity index (χ0) is 15.5. The number of aliphatic carboxylic acids is 2. The first-order valence-corrected chi connectivity index (χ1v) is 6.24. The summed E-state index contributed by atoms with van der Waals surface area (Å²) in [7, 11) is 0. The first kappa shape index (κ1) is 14.7. The van der Waals surface area contributed by atoms with Crippen molar-refractivity contribution in [3.8, 4) is 0 Å². The molecule has 0 aliphatic rings. The van der Waals surface area contributed by atoms with Crippen molar-refractivity contribution in [1.82, 2.24) is 0 Å². The quantitative estimate of drug-likeness (QED) is 0.887. The summed E-state index contributed by atoms with van der Waals surface area (Å²) in [5.41, 5.74) is -1.89. The van der Waals surface area contributed by atoms with Crippen molar-refractivity contribution in [2.45, 2.75) is 11.8 Å². The van der Waals surface area contributed by atoms with Gasteiger partial charge in [-0.25, -0.2) is 4.39 Å². The standard InChI is InChI=1S/C16H13FO4/c17-13-9-5-4-8-12(13)16(15(20)21,10-14(18)19)11-6-2-1-3-7-11/h1-9H,10H2,(H,18,19)(H,20,21)/t16-/m1/s1. The average Bonchev–Trinajstić information content (AvgIpc) is 2.46. The molecule has 5 heteroatoms. The lowest BCUT2D eigenvalue weighted by Gasteiger charge is -2.29. The molecule has 0 saturated heterocycles. The third kappa shape index (κ3) is 2.63. The van der Waals surface area contributed by atoms with Gasteiger partial charge >= 0.3 is 11.9 Å². The Morgan fingerprint density at radius 3 is 2.05 bits per heavy atom. The van der Waals surface area contributed by atoms with Crippen molar-refractivity contribution in [3.63, 3.8) is 0 Å². The van der Waals surface area contributed by atoms with Gasteiger partial charge < -0.3 is 10.2 Å². The van der Waals surface area contributed by atoms with Gasteiger partial charge in [0.05, 0.1) is 6.42 Å². The minimum Gasteiger partial charge on any atom is -0.481 e. The van der Waals surface area contributed by atoms with Crippen LogP contribution >= 0.6 is 0 Å². The molecular weight excluding hydrogens is 275 g/mol. The van der Waals surface area contributed by atoms with E-state index in [9.17, 15) is 19.1 Å². The average molecular weight is 288 g/mol. The van der Waals surface area contributed by atoms with Gasteiger partial charge in [0.25, 0.3) is 0 Å². The highest BCUT2D eigenvalue weighted by Crippen LogP contribution is 2.37. The van der Waals surface area contributed by atoms with E-state index >= 15 is 0 Å². The van der Waals surface area contributed by atoms with Crippen LogP contribution in [-0.2, 0) is 15.0 Å². The van der Waals surface area contributed by atoms with E-state index < -0.39 is 29.6 Å². The summed E-state index contributed by atoms with van der Waals surface area (Å²) >= 11 is 0. The maximum absolute atomic E-state index is 14.1. The molecule has 0 heterocycles. The van der Waals surface area contributed by atoms with Crippen LogP contribution in [0.2, 0.25) is 0 Å². The normalized spacial score (nSPS) is 13.4. The molecule has 2 aromatic rings. The summed E-state index contributed by atoms with van der Waals surface area (Å²) in [4.78, 5) is 23.1. The first-order valence-electron chi connectivity index (χ1n) is 6.24. The lowest BCUT2D eigenvalue weighted by atomic mass is 9.72. The van der Waals surface area contributed by atoms with Crippen molar-refractivity contribution >= 4 is 11.9 Å². The molecule has 0 saturated carbocycles. The fraction of sp³-hybridized carbons (Fsp3) is 0.125. The predicted molar refractivity (Wildman–Crippen MR) is 73.5 cm³/mol. The van der Waals surface area contributed by atoms with Crippen LogP contribution in [0.5, 0.6) is 0 Å². The van der Waals surface area contributed by atoms with Crippen molar-refractivity contribution in [1.29, 1.82) is 0 Å². The summed E-state index contributed by atoms with van der Waals surface area (Å²) in [6.45, 7) is 0. The van der Waals surface area contributed by atoms with Gasteiger partial charge in [0.1, 0.15) is 11.2 Å². The number of carboxylic acids is 2. The maximum Gasteiger partial charge on any atom is 0.319 e. The molecule has 0 amide bonds. The van der Waals surface area contributed by atoms with Crippen LogP contribution in [0.25, 0.3) is 0 Å². The van der Waals surface area contributed by atoms with E-state index in [1.807, 2.05) is 0 Å². The highest BCUT2D eigenvalue weighted by atomic mass is 19.1. The van der Waals surface area contributed by atoms with Gasteiger partial charge in [0.15, 0.2) is 0 Å². The minimum absolute atomic E-state index is 0.161. The van der Waals surface area contributed by atoms with E-state index in [1.54, 1.807) is 18.2 Å². The van der Waals surface area contributed by atoms with E-state index in [-0.39, 0.29) is 11.1 Å². The van der Waals surface area contributed by atoms with Gasteiger partial charge in [0, 0.05) is 5.56 Å². The molecule has 1 atom stereocenters. The monoisotopic (exact) mass is 288 g/mol. The van der Waals surface area contributed by atoms with Crippen LogP contribution < -0.4 is 0 Å². The van der Waals surface area contributed by atoms with Gasteiger partial charge in [0.2, 0.25) is 0 Å². The molecule has 2 aromatic carbocycles. The Morgan fingerprint density at radius 1 is 0.952 bits per heavy atom. The minimum atomic E-state index is -1.96. The summed E-state index contributed by atoms with van der Waals surface area (Å²) in [5.74, 6) is -3.46. The zero-order valence-corrected chi connectivity index (χ0v) is 11.0. The van der Waals surface area contributed by atoms with Gasteiger partial charge in [-0.15, -0.1) is 0 Å². The number of carboxylic acid groups (broad SMARTS) is 2. The maximum atomic E-state index is 14.1. The van der Waals surface area contributed by atoms with Crippen molar-refractivity contribution in [2.24, 2.45) is 0 Å². The Morgan fingerprint density at radius 2 is 1.52 bits per heavy atom. The number of hydrogen-bond acceptors (Lipinski definition) is 2. The van der Waals surface area contributed by atoms with Crippen molar-refractivity contribution in [2.75, 3.05) is 0 Å². The predicted octanol–water partition coefficient (Wildman–Crippen LogP) is 2.67. The second-order valence-corrected chi connectivity index (χ2v) is 4.63. The molecule has 0 fully saturated rings. The Kier molecular flexibility index (Phi) is 4.03. The Bertz CT molecular complexity index is 669. The van der Waals surface area contributed by atoms with E-state index in [0.717, 1.165) is 6.07 Å². The van der Waals surface area contributed by atoms with Gasteiger partial charge in [-0.2, -0.15) is 0 Å². The molecule has 2 N–H and O–H groups in total. The third-order valence-electron chi connectivity index (χ3n) is 3.38. The molecule has 0 radical (unpaired) electrons. The molecule has 0 spiro atoms. The summed E-state index contributed by atoms with van der Waals surface area (Å²) in [6, 6.07) is 13.2. The number of rotatable bonds is 5. The molecule has 0 aliphatic carbocycles. The fourth-order valence-corrected chi connectivity index (χ4v) is 2.42. The molecule has 4 nitrogen and oxygen atoms in total. The molecule has 21 heavy (non-hydrogen) atoms.